The Hall–Kier alpha value is -3.33. The molecule has 0 radical (unpaired) electrons. The second-order valence-electron chi connectivity index (χ2n) is 6.72. The minimum atomic E-state index is -1.03. The lowest BCUT2D eigenvalue weighted by Crippen LogP contribution is -2.20. The largest absolute Gasteiger partial charge is 0.497 e. The van der Waals surface area contributed by atoms with Crippen LogP contribution in [0.25, 0.3) is 0 Å². The quantitative estimate of drug-likeness (QED) is 0.632. The van der Waals surface area contributed by atoms with Crippen LogP contribution in [0.1, 0.15) is 33.3 Å². The Morgan fingerprint density at radius 3 is 2.57 bits per heavy atom. The molecule has 0 spiro atoms. The third kappa shape index (κ3) is 4.02. The lowest BCUT2D eigenvalue weighted by molar-refractivity contribution is -0.117. The molecule has 9 heteroatoms. The number of benzene rings is 2. The summed E-state index contributed by atoms with van der Waals surface area (Å²) in [5.74, 6) is -2.54. The topological polar surface area (TPSA) is 80.3 Å². The van der Waals surface area contributed by atoms with Crippen molar-refractivity contribution in [3.8, 4) is 5.75 Å². The summed E-state index contributed by atoms with van der Waals surface area (Å²) in [7, 11) is 1.55. The standard InChI is InChI=1S/C21H17F2N3O3S/c1-29-13-5-2-11(3-6-13)19(27)26-21-25-18-14(7-9-17(18)30-21)20(28)24-12-4-8-15(22)16(23)10-12/h2-6,8,10,14H,7,9H2,1H3,(H,24,28)(H,25,26,27)/t14-/m1/s1. The summed E-state index contributed by atoms with van der Waals surface area (Å²) in [4.78, 5) is 30.4. The lowest BCUT2D eigenvalue weighted by Gasteiger charge is -2.11. The van der Waals surface area contributed by atoms with Gasteiger partial charge in [0.25, 0.3) is 5.91 Å². The lowest BCUT2D eigenvalue weighted by atomic mass is 10.1. The van der Waals surface area contributed by atoms with Crippen LogP contribution in [0.15, 0.2) is 42.5 Å². The molecule has 154 valence electrons. The number of thiazole rings is 1. The summed E-state index contributed by atoms with van der Waals surface area (Å²) in [5.41, 5.74) is 1.24. The molecule has 1 aliphatic rings. The summed E-state index contributed by atoms with van der Waals surface area (Å²) >= 11 is 1.33. The minimum absolute atomic E-state index is 0.176. The molecule has 0 aliphatic heterocycles. The molecule has 2 amide bonds. The van der Waals surface area contributed by atoms with E-state index in [0.717, 1.165) is 17.0 Å². The van der Waals surface area contributed by atoms with E-state index in [0.29, 0.717) is 35.0 Å². The number of anilines is 2. The average molecular weight is 429 g/mol. The van der Waals surface area contributed by atoms with Crippen molar-refractivity contribution in [2.45, 2.75) is 18.8 Å². The zero-order valence-corrected chi connectivity index (χ0v) is 16.7. The first-order valence-corrected chi connectivity index (χ1v) is 9.97. The predicted octanol–water partition coefficient (Wildman–Crippen LogP) is 4.35. The summed E-state index contributed by atoms with van der Waals surface area (Å²) in [5, 5.41) is 5.76. The van der Waals surface area contributed by atoms with E-state index in [2.05, 4.69) is 15.6 Å². The second kappa shape index (κ2) is 8.19. The van der Waals surface area contributed by atoms with Gasteiger partial charge in [-0.2, -0.15) is 0 Å². The molecule has 1 aliphatic carbocycles. The van der Waals surface area contributed by atoms with Gasteiger partial charge in [-0.3, -0.25) is 14.9 Å². The van der Waals surface area contributed by atoms with Crippen LogP contribution < -0.4 is 15.4 Å². The van der Waals surface area contributed by atoms with Crippen molar-refractivity contribution < 1.29 is 23.1 Å². The maximum atomic E-state index is 13.4. The van der Waals surface area contributed by atoms with Gasteiger partial charge in [0, 0.05) is 22.2 Å². The van der Waals surface area contributed by atoms with Crippen LogP contribution in [-0.4, -0.2) is 23.9 Å². The monoisotopic (exact) mass is 429 g/mol. The first-order valence-electron chi connectivity index (χ1n) is 9.15. The number of nitrogens with one attached hydrogen (secondary N) is 2. The van der Waals surface area contributed by atoms with Gasteiger partial charge in [-0.1, -0.05) is 0 Å². The van der Waals surface area contributed by atoms with Gasteiger partial charge in [0.05, 0.1) is 18.7 Å². The predicted molar refractivity (Wildman–Crippen MR) is 109 cm³/mol. The highest BCUT2D eigenvalue weighted by molar-refractivity contribution is 7.16. The average Bonchev–Trinajstić information content (AvgIpc) is 3.31. The Kier molecular flexibility index (Phi) is 5.45. The fourth-order valence-electron chi connectivity index (χ4n) is 3.25. The van der Waals surface area contributed by atoms with Crippen LogP contribution in [0.5, 0.6) is 5.75 Å². The van der Waals surface area contributed by atoms with Crippen molar-refractivity contribution in [3.05, 3.63) is 70.2 Å². The number of aryl methyl sites for hydroxylation is 1. The number of ether oxygens (including phenoxy) is 1. The van der Waals surface area contributed by atoms with Gasteiger partial charge in [-0.05, 0) is 49.2 Å². The van der Waals surface area contributed by atoms with Gasteiger partial charge in [0.2, 0.25) is 5.91 Å². The van der Waals surface area contributed by atoms with Crippen molar-refractivity contribution in [1.29, 1.82) is 0 Å². The summed E-state index contributed by atoms with van der Waals surface area (Å²) < 4.78 is 31.5. The third-order valence-corrected chi connectivity index (χ3v) is 5.84. The van der Waals surface area contributed by atoms with E-state index in [1.54, 1.807) is 31.4 Å². The highest BCUT2D eigenvalue weighted by atomic mass is 32.1. The molecule has 6 nitrogen and oxygen atoms in total. The van der Waals surface area contributed by atoms with Crippen LogP contribution in [0.3, 0.4) is 0 Å². The molecule has 1 atom stereocenters. The molecular formula is C21H17F2N3O3S. The zero-order chi connectivity index (χ0) is 21.3. The number of fused-ring (bicyclic) bond motifs is 1. The number of hydrogen-bond donors (Lipinski definition) is 2. The molecule has 0 fully saturated rings. The number of amides is 2. The molecule has 2 N–H and O–H groups in total. The van der Waals surface area contributed by atoms with Crippen molar-refractivity contribution >= 4 is 34.0 Å². The van der Waals surface area contributed by atoms with Crippen molar-refractivity contribution in [3.63, 3.8) is 0 Å². The Morgan fingerprint density at radius 1 is 1.10 bits per heavy atom. The molecule has 2 aromatic carbocycles. The van der Waals surface area contributed by atoms with Crippen molar-refractivity contribution in [2.75, 3.05) is 17.7 Å². The molecule has 4 rings (SSSR count). The molecule has 1 heterocycles. The number of aromatic nitrogens is 1. The fourth-order valence-corrected chi connectivity index (χ4v) is 4.28. The smallest absolute Gasteiger partial charge is 0.257 e. The first-order chi connectivity index (χ1) is 14.4. The van der Waals surface area contributed by atoms with Crippen LogP contribution in [0.4, 0.5) is 19.6 Å². The van der Waals surface area contributed by atoms with Crippen LogP contribution in [0.2, 0.25) is 0 Å². The number of halogens is 2. The normalized spacial score (nSPS) is 14.8. The molecule has 0 saturated carbocycles. The van der Waals surface area contributed by atoms with E-state index < -0.39 is 17.6 Å². The molecule has 0 bridgehead atoms. The molecule has 3 aromatic rings. The Morgan fingerprint density at radius 2 is 1.87 bits per heavy atom. The SMILES string of the molecule is COc1ccc(C(=O)Nc2nc3c(s2)CC[C@H]3C(=O)Nc2ccc(F)c(F)c2)cc1. The van der Waals surface area contributed by atoms with Crippen LogP contribution >= 0.6 is 11.3 Å². The van der Waals surface area contributed by atoms with Crippen molar-refractivity contribution in [2.24, 2.45) is 0 Å². The maximum Gasteiger partial charge on any atom is 0.257 e. The summed E-state index contributed by atoms with van der Waals surface area (Å²) in [6.07, 6.45) is 1.22. The Bertz CT molecular complexity index is 1120. The van der Waals surface area contributed by atoms with Gasteiger partial charge < -0.3 is 10.1 Å². The fraction of sp³-hybridized carbons (Fsp3) is 0.190. The minimum Gasteiger partial charge on any atom is -0.497 e. The number of nitrogens with zero attached hydrogens (tertiary/aromatic N) is 1. The molecule has 30 heavy (non-hydrogen) atoms. The molecular weight excluding hydrogens is 412 g/mol. The van der Waals surface area contributed by atoms with Gasteiger partial charge in [-0.15, -0.1) is 11.3 Å². The van der Waals surface area contributed by atoms with Gasteiger partial charge in [0.15, 0.2) is 16.8 Å². The summed E-state index contributed by atoms with van der Waals surface area (Å²) in [6, 6.07) is 9.87. The van der Waals surface area contributed by atoms with Crippen LogP contribution in [-0.2, 0) is 11.2 Å². The number of rotatable bonds is 5. The number of carbonyl (C=O) groups is 2. The van der Waals surface area contributed by atoms with Gasteiger partial charge >= 0.3 is 0 Å². The van der Waals surface area contributed by atoms with Gasteiger partial charge in [0.1, 0.15) is 5.75 Å². The number of carbonyl (C=O) groups excluding carboxylic acids is 2. The van der Waals surface area contributed by atoms with E-state index in [-0.39, 0.29) is 17.5 Å². The van der Waals surface area contributed by atoms with E-state index >= 15 is 0 Å². The molecule has 0 unspecified atom stereocenters. The van der Waals surface area contributed by atoms with Crippen molar-refractivity contribution in [1.82, 2.24) is 4.98 Å². The molecule has 0 saturated heterocycles. The number of methoxy groups -OCH3 is 1. The van der Waals surface area contributed by atoms with Gasteiger partial charge in [-0.25, -0.2) is 13.8 Å². The Balaban J connectivity index is 1.45. The summed E-state index contributed by atoms with van der Waals surface area (Å²) in [6.45, 7) is 0. The van der Waals surface area contributed by atoms with Crippen LogP contribution in [0, 0.1) is 11.6 Å². The van der Waals surface area contributed by atoms with E-state index in [1.165, 1.54) is 17.4 Å². The zero-order valence-electron chi connectivity index (χ0n) is 15.9. The first kappa shape index (κ1) is 20.0. The molecule has 1 aromatic heterocycles. The number of hydrogen-bond acceptors (Lipinski definition) is 5. The van der Waals surface area contributed by atoms with E-state index in [1.807, 2.05) is 0 Å². The third-order valence-electron chi connectivity index (χ3n) is 4.79. The Labute approximate surface area is 174 Å². The maximum absolute atomic E-state index is 13.4. The second-order valence-corrected chi connectivity index (χ2v) is 7.80. The highest BCUT2D eigenvalue weighted by Gasteiger charge is 2.33. The van der Waals surface area contributed by atoms with E-state index in [9.17, 15) is 18.4 Å². The van der Waals surface area contributed by atoms with E-state index in [4.69, 9.17) is 4.74 Å². The highest BCUT2D eigenvalue weighted by Crippen LogP contribution is 2.39.